The van der Waals surface area contributed by atoms with Crippen molar-refractivity contribution in [2.75, 3.05) is 33.5 Å². The van der Waals surface area contributed by atoms with Crippen molar-refractivity contribution in [2.45, 2.75) is 89.0 Å². The van der Waals surface area contributed by atoms with Crippen molar-refractivity contribution in [2.24, 2.45) is 0 Å². The second kappa shape index (κ2) is 11.7. The van der Waals surface area contributed by atoms with E-state index in [0.29, 0.717) is 0 Å². The number of methoxy groups -OCH3 is 1. The minimum Gasteiger partial charge on any atom is -0.480 e. The number of likely N-dealkylation sites (tertiary alicyclic amines) is 2. The normalized spacial score (nSPS) is 27.8. The Kier molecular flexibility index (Phi) is 10.2. The van der Waals surface area contributed by atoms with E-state index < -0.39 is 98.0 Å². The molecule has 10 nitrogen and oxygen atoms in total. The van der Waals surface area contributed by atoms with Crippen LogP contribution in [0.2, 0.25) is 0 Å². The predicted octanol–water partition coefficient (Wildman–Crippen LogP) is 3.60. The molecule has 2 heterocycles. The molecule has 0 aromatic heterocycles. The molecule has 1 N–H and O–H groups in total. The maximum absolute atomic E-state index is 14.0. The van der Waals surface area contributed by atoms with Crippen LogP contribution < -0.4 is 0 Å². The summed E-state index contributed by atoms with van der Waals surface area (Å²) in [5.74, 6) is -2.15. The molecule has 0 spiro atoms. The van der Waals surface area contributed by atoms with Gasteiger partial charge in [0.05, 0.1) is 20.2 Å². The van der Waals surface area contributed by atoms with Crippen molar-refractivity contribution in [3.05, 3.63) is 0 Å². The minimum atomic E-state index is -2.31. The number of alkyl halides is 4. The van der Waals surface area contributed by atoms with Gasteiger partial charge in [0.15, 0.2) is 11.3 Å². The molecular weight excluding hydrogens is 508 g/mol. The number of carbonyl (C=O) groups is 4. The summed E-state index contributed by atoms with van der Waals surface area (Å²) in [6.07, 6.45) is -2.77. The van der Waals surface area contributed by atoms with Crippen LogP contribution >= 0.6 is 0 Å². The number of carbonyl (C=O) groups excluding carboxylic acids is 3. The molecule has 2 aliphatic heterocycles. The first-order valence-corrected chi connectivity index (χ1v) is 11.5. The van der Waals surface area contributed by atoms with E-state index in [0.717, 1.165) is 16.9 Å². The Morgan fingerprint density at radius 3 is 1.46 bits per heavy atom. The zero-order valence-electron chi connectivity index (χ0n) is 22.1. The maximum Gasteiger partial charge on any atom is 0.411 e. The van der Waals surface area contributed by atoms with Crippen molar-refractivity contribution >= 4 is 24.1 Å². The number of carboxylic acid groups (broad SMARTS) is 1. The Labute approximate surface area is 213 Å². The van der Waals surface area contributed by atoms with Crippen LogP contribution in [0.15, 0.2) is 0 Å². The average molecular weight is 545 g/mol. The summed E-state index contributed by atoms with van der Waals surface area (Å²) in [6.45, 7) is 6.05. The Balaban J connectivity index is 0.000000371. The van der Waals surface area contributed by atoms with Crippen LogP contribution in [0.5, 0.6) is 0 Å². The summed E-state index contributed by atoms with van der Waals surface area (Å²) in [5, 5.41) is 8.92. The maximum atomic E-state index is 14.0. The minimum absolute atomic E-state index is 0.421. The second-order valence-electron chi connectivity index (χ2n) is 11.1. The molecule has 0 radical (unpaired) electrons. The number of carboxylic acids is 1. The van der Waals surface area contributed by atoms with Gasteiger partial charge in [-0.3, -0.25) is 9.80 Å². The van der Waals surface area contributed by atoms with Crippen molar-refractivity contribution < 1.29 is 56.1 Å². The Morgan fingerprint density at radius 2 is 1.16 bits per heavy atom. The summed E-state index contributed by atoms with van der Waals surface area (Å²) in [5.41, 5.74) is -6.14. The molecule has 0 bridgehead atoms. The first-order chi connectivity index (χ1) is 16.7. The lowest BCUT2D eigenvalue weighted by Crippen LogP contribution is -2.44. The van der Waals surface area contributed by atoms with Gasteiger partial charge in [-0.05, 0) is 41.5 Å². The summed E-state index contributed by atoms with van der Waals surface area (Å²) < 4.78 is 67.6. The van der Waals surface area contributed by atoms with Crippen molar-refractivity contribution in [1.82, 2.24) is 9.80 Å². The van der Waals surface area contributed by atoms with Gasteiger partial charge in [-0.25, -0.2) is 36.7 Å². The number of nitrogens with zero attached hydrogens (tertiary/aromatic N) is 2. The standard InChI is InChI=1S/C12H19F2NO4.C11H17F2NO4/c1-11(2,3)19-10(17)15-7-12(14,6-13)5-8(15)9(16)18-4;1-10(2,3)18-9(17)14-6-11(13,5-12)4-7(14)8(15)16/h8H,5-7H2,1-4H3;7H,4-6H2,1-3H3,(H,15,16)/t8-,12?;7-,11?/m00/s1. The van der Waals surface area contributed by atoms with Crippen LogP contribution in [-0.4, -0.2) is 107 Å². The molecule has 0 saturated carbocycles. The monoisotopic (exact) mass is 544 g/mol. The lowest BCUT2D eigenvalue weighted by Gasteiger charge is -2.27. The van der Waals surface area contributed by atoms with Gasteiger partial charge in [0.1, 0.15) is 36.6 Å². The zero-order chi connectivity index (χ0) is 29.0. The van der Waals surface area contributed by atoms with Crippen LogP contribution in [0, 0.1) is 0 Å². The van der Waals surface area contributed by atoms with E-state index in [1.807, 2.05) is 0 Å². The highest BCUT2D eigenvalue weighted by Crippen LogP contribution is 2.34. The molecule has 2 amide bonds. The molecule has 2 rings (SSSR count). The molecule has 2 saturated heterocycles. The molecule has 37 heavy (non-hydrogen) atoms. The van der Waals surface area contributed by atoms with Crippen LogP contribution in [0.4, 0.5) is 27.2 Å². The zero-order valence-corrected chi connectivity index (χ0v) is 22.1. The number of ether oxygens (including phenoxy) is 3. The van der Waals surface area contributed by atoms with Gasteiger partial charge in [0, 0.05) is 12.8 Å². The van der Waals surface area contributed by atoms with Gasteiger partial charge in [0.25, 0.3) is 0 Å². The number of hydrogen-bond acceptors (Lipinski definition) is 7. The smallest absolute Gasteiger partial charge is 0.411 e. The van der Waals surface area contributed by atoms with Gasteiger partial charge in [-0.2, -0.15) is 0 Å². The Morgan fingerprint density at radius 1 is 0.811 bits per heavy atom. The third-order valence-electron chi connectivity index (χ3n) is 5.27. The SMILES string of the molecule is CC(C)(C)OC(=O)N1CC(F)(CF)C[C@H]1C(=O)O.COC(=O)[C@@H]1CC(F)(CF)CN1C(=O)OC(C)(C)C. The molecule has 0 aromatic rings. The van der Waals surface area contributed by atoms with Crippen molar-refractivity contribution in [3.63, 3.8) is 0 Å². The van der Waals surface area contributed by atoms with Gasteiger partial charge >= 0.3 is 24.1 Å². The Bertz CT molecular complexity index is 863. The quantitative estimate of drug-likeness (QED) is 0.324. The average Bonchev–Trinajstić information content (AvgIpc) is 3.31. The van der Waals surface area contributed by atoms with E-state index in [9.17, 15) is 36.7 Å². The van der Waals surface area contributed by atoms with E-state index >= 15 is 0 Å². The summed E-state index contributed by atoms with van der Waals surface area (Å²) in [7, 11) is 1.13. The number of esters is 1. The number of halogens is 4. The molecule has 2 fully saturated rings. The van der Waals surface area contributed by atoms with Gasteiger partial charge in [-0.15, -0.1) is 0 Å². The van der Waals surface area contributed by atoms with Crippen LogP contribution in [0.1, 0.15) is 54.4 Å². The highest BCUT2D eigenvalue weighted by atomic mass is 19.2. The molecule has 214 valence electrons. The van der Waals surface area contributed by atoms with Gasteiger partial charge in [0.2, 0.25) is 0 Å². The number of rotatable bonds is 4. The molecule has 2 unspecified atom stereocenters. The molecule has 14 heteroatoms. The summed E-state index contributed by atoms with van der Waals surface area (Å²) >= 11 is 0. The van der Waals surface area contributed by atoms with Crippen LogP contribution in [0.25, 0.3) is 0 Å². The van der Waals surface area contributed by atoms with Gasteiger partial charge in [-0.1, -0.05) is 0 Å². The van der Waals surface area contributed by atoms with E-state index in [1.165, 1.54) is 0 Å². The van der Waals surface area contributed by atoms with Crippen molar-refractivity contribution in [1.29, 1.82) is 0 Å². The predicted molar refractivity (Wildman–Crippen MR) is 122 cm³/mol. The topological polar surface area (TPSA) is 123 Å². The molecular formula is C23H36F4N2O8. The lowest BCUT2D eigenvalue weighted by atomic mass is 10.0. The highest BCUT2D eigenvalue weighted by Gasteiger charge is 2.52. The Hall–Kier alpha value is -2.80. The first-order valence-electron chi connectivity index (χ1n) is 11.5. The lowest BCUT2D eigenvalue weighted by molar-refractivity contribution is -0.145. The first kappa shape index (κ1) is 32.2. The van der Waals surface area contributed by atoms with Crippen LogP contribution in [-0.2, 0) is 23.8 Å². The fourth-order valence-electron chi connectivity index (χ4n) is 3.66. The van der Waals surface area contributed by atoms with E-state index in [2.05, 4.69) is 4.74 Å². The molecule has 2 aliphatic rings. The van der Waals surface area contributed by atoms with E-state index in [4.69, 9.17) is 14.6 Å². The largest absolute Gasteiger partial charge is 0.480 e. The third-order valence-corrected chi connectivity index (χ3v) is 5.27. The molecule has 4 atom stereocenters. The van der Waals surface area contributed by atoms with Gasteiger partial charge < -0.3 is 19.3 Å². The second-order valence-corrected chi connectivity index (χ2v) is 11.1. The van der Waals surface area contributed by atoms with E-state index in [-0.39, 0.29) is 0 Å². The third kappa shape index (κ3) is 9.22. The number of hydrogen-bond donors (Lipinski definition) is 1. The summed E-state index contributed by atoms with van der Waals surface area (Å²) in [6, 6.07) is -2.54. The number of amides is 2. The fraction of sp³-hybridized carbons (Fsp3) is 0.826. The number of aliphatic carboxylic acids is 1. The van der Waals surface area contributed by atoms with Crippen LogP contribution in [0.3, 0.4) is 0 Å². The van der Waals surface area contributed by atoms with E-state index in [1.54, 1.807) is 41.5 Å². The highest BCUT2D eigenvalue weighted by molar-refractivity contribution is 5.83. The van der Waals surface area contributed by atoms with Crippen molar-refractivity contribution in [3.8, 4) is 0 Å². The summed E-state index contributed by atoms with van der Waals surface area (Å²) in [4.78, 5) is 47.7. The molecule has 0 aromatic carbocycles. The fourth-order valence-corrected chi connectivity index (χ4v) is 3.66. The molecule has 0 aliphatic carbocycles.